The van der Waals surface area contributed by atoms with Gasteiger partial charge in [0.15, 0.2) is 0 Å². The van der Waals surface area contributed by atoms with Crippen molar-refractivity contribution in [1.29, 1.82) is 0 Å². The van der Waals surface area contributed by atoms with Crippen molar-refractivity contribution < 1.29 is 19.6 Å². The number of ether oxygens (including phenoxy) is 1. The second-order valence-electron chi connectivity index (χ2n) is 3.07. The Labute approximate surface area is 101 Å². The molecule has 0 spiro atoms. The zero-order chi connectivity index (χ0) is 13.0. The summed E-state index contributed by atoms with van der Waals surface area (Å²) in [6.45, 7) is 2.96. The summed E-state index contributed by atoms with van der Waals surface area (Å²) in [5.41, 5.74) is -0.363. The maximum atomic E-state index is 10.5. The molecular weight excluding hydrogens is 250 g/mol. The Kier molecular flexibility index (Phi) is 4.06. The molecule has 6 nitrogen and oxygen atoms in total. The quantitative estimate of drug-likeness (QED) is 0.496. The number of rotatable bonds is 5. The monoisotopic (exact) mass is 257 g/mol. The van der Waals surface area contributed by atoms with Crippen LogP contribution in [0.15, 0.2) is 30.4 Å². The average Bonchev–Trinajstić information content (AvgIpc) is 2.26. The highest BCUT2D eigenvalue weighted by Gasteiger charge is 2.12. The van der Waals surface area contributed by atoms with Gasteiger partial charge in [-0.25, -0.2) is 4.79 Å². The van der Waals surface area contributed by atoms with Gasteiger partial charge in [0.05, 0.1) is 21.6 Å². The zero-order valence-electron chi connectivity index (χ0n) is 8.55. The van der Waals surface area contributed by atoms with E-state index in [-0.39, 0.29) is 28.6 Å². The molecule has 0 aliphatic carbocycles. The van der Waals surface area contributed by atoms with Crippen molar-refractivity contribution in [2.45, 2.75) is 0 Å². The minimum atomic E-state index is -1.20. The van der Waals surface area contributed by atoms with E-state index in [2.05, 4.69) is 6.58 Å². The lowest BCUT2D eigenvalue weighted by Gasteiger charge is -2.07. The number of carboxylic acid groups (broad SMARTS) is 1. The molecule has 1 aromatic rings. The normalized spacial score (nSPS) is 9.71. The Balaban J connectivity index is 2.83. The lowest BCUT2D eigenvalue weighted by molar-refractivity contribution is -0.384. The van der Waals surface area contributed by atoms with Crippen LogP contribution in [-0.2, 0) is 4.79 Å². The molecule has 0 radical (unpaired) electrons. The second kappa shape index (κ2) is 5.31. The molecule has 1 aromatic carbocycles. The van der Waals surface area contributed by atoms with Crippen LogP contribution in [0.25, 0.3) is 0 Å². The molecule has 0 fully saturated rings. The number of hydrogen-bond donors (Lipinski definition) is 1. The molecule has 0 unspecified atom stereocenters. The predicted molar refractivity (Wildman–Crippen MR) is 60.4 cm³/mol. The molecule has 0 atom stereocenters. The lowest BCUT2D eigenvalue weighted by Crippen LogP contribution is -2.09. The van der Waals surface area contributed by atoms with Gasteiger partial charge < -0.3 is 9.84 Å². The van der Waals surface area contributed by atoms with E-state index in [9.17, 15) is 14.9 Å². The van der Waals surface area contributed by atoms with E-state index in [0.29, 0.717) is 0 Å². The number of carbonyl (C=O) groups is 1. The van der Waals surface area contributed by atoms with Gasteiger partial charge in [-0.3, -0.25) is 10.1 Å². The summed E-state index contributed by atoms with van der Waals surface area (Å²) in [7, 11) is 0. The fraction of sp³-hybridized carbons (Fsp3) is 0.100. The second-order valence-corrected chi connectivity index (χ2v) is 3.48. The van der Waals surface area contributed by atoms with Crippen molar-refractivity contribution in [3.8, 4) is 5.75 Å². The number of carboxylic acids is 1. The first-order valence-electron chi connectivity index (χ1n) is 4.39. The number of aliphatic carboxylic acids is 1. The first-order valence-corrected chi connectivity index (χ1v) is 4.77. The van der Waals surface area contributed by atoms with Gasteiger partial charge >= 0.3 is 5.97 Å². The molecule has 7 heteroatoms. The van der Waals surface area contributed by atoms with E-state index in [1.807, 2.05) is 0 Å². The van der Waals surface area contributed by atoms with Crippen LogP contribution in [0.1, 0.15) is 0 Å². The summed E-state index contributed by atoms with van der Waals surface area (Å²) in [6.07, 6.45) is 0. The molecule has 0 bridgehead atoms. The van der Waals surface area contributed by atoms with Crippen molar-refractivity contribution in [3.05, 3.63) is 45.5 Å². The fourth-order valence-corrected chi connectivity index (χ4v) is 1.11. The van der Waals surface area contributed by atoms with E-state index >= 15 is 0 Å². The van der Waals surface area contributed by atoms with Gasteiger partial charge in [0, 0.05) is 6.07 Å². The van der Waals surface area contributed by atoms with Gasteiger partial charge in [-0.15, -0.1) is 0 Å². The highest BCUT2D eigenvalue weighted by atomic mass is 35.5. The molecule has 0 amide bonds. The van der Waals surface area contributed by atoms with Crippen LogP contribution >= 0.6 is 11.6 Å². The molecule has 1 rings (SSSR count). The van der Waals surface area contributed by atoms with Gasteiger partial charge in [0.25, 0.3) is 5.69 Å². The standard InChI is InChI=1S/C10H8ClNO5/c1-6(10(13)14)5-17-9-4-7(12(15)16)2-3-8(9)11/h2-4H,1,5H2,(H,13,14). The van der Waals surface area contributed by atoms with E-state index in [1.165, 1.54) is 12.1 Å². The topological polar surface area (TPSA) is 89.7 Å². The summed E-state index contributed by atoms with van der Waals surface area (Å²) < 4.78 is 5.03. The number of hydrogen-bond acceptors (Lipinski definition) is 4. The molecular formula is C10H8ClNO5. The minimum Gasteiger partial charge on any atom is -0.487 e. The van der Waals surface area contributed by atoms with Crippen LogP contribution in [0.5, 0.6) is 5.75 Å². The first-order chi connectivity index (χ1) is 7.91. The third-order valence-corrected chi connectivity index (χ3v) is 2.14. The smallest absolute Gasteiger partial charge is 0.334 e. The number of non-ortho nitro benzene ring substituents is 1. The van der Waals surface area contributed by atoms with E-state index < -0.39 is 10.9 Å². The largest absolute Gasteiger partial charge is 0.487 e. The van der Waals surface area contributed by atoms with Gasteiger partial charge in [0.2, 0.25) is 0 Å². The third kappa shape index (κ3) is 3.46. The molecule has 0 aliphatic rings. The molecule has 90 valence electrons. The van der Waals surface area contributed by atoms with Gasteiger partial charge in [-0.2, -0.15) is 0 Å². The van der Waals surface area contributed by atoms with Gasteiger partial charge in [-0.05, 0) is 6.07 Å². The number of benzene rings is 1. The highest BCUT2D eigenvalue weighted by Crippen LogP contribution is 2.29. The van der Waals surface area contributed by atoms with Crippen LogP contribution in [0, 0.1) is 10.1 Å². The molecule has 0 aliphatic heterocycles. The Morgan fingerprint density at radius 1 is 1.59 bits per heavy atom. The van der Waals surface area contributed by atoms with Gasteiger partial charge in [0.1, 0.15) is 12.4 Å². The van der Waals surface area contributed by atoms with E-state index in [1.54, 1.807) is 0 Å². The zero-order valence-corrected chi connectivity index (χ0v) is 9.31. The minimum absolute atomic E-state index is 0.0447. The SMILES string of the molecule is C=C(COc1cc([N+](=O)[O-])ccc1Cl)C(=O)O. The van der Waals surface area contributed by atoms with Crippen LogP contribution in [0.4, 0.5) is 5.69 Å². The Bertz CT molecular complexity index is 486. The van der Waals surface area contributed by atoms with Crippen LogP contribution in [-0.4, -0.2) is 22.6 Å². The van der Waals surface area contributed by atoms with Crippen molar-refractivity contribution in [1.82, 2.24) is 0 Å². The maximum absolute atomic E-state index is 10.5. The Hall–Kier alpha value is -2.08. The fourth-order valence-electron chi connectivity index (χ4n) is 0.943. The third-order valence-electron chi connectivity index (χ3n) is 1.83. The maximum Gasteiger partial charge on any atom is 0.334 e. The van der Waals surface area contributed by atoms with Crippen molar-refractivity contribution in [3.63, 3.8) is 0 Å². The summed E-state index contributed by atoms with van der Waals surface area (Å²) in [5, 5.41) is 19.2. The predicted octanol–water partition coefficient (Wildman–Crippen LogP) is 2.27. The molecule has 0 heterocycles. The summed E-state index contributed by atoms with van der Waals surface area (Å²) in [6, 6.07) is 3.65. The molecule has 1 N–H and O–H groups in total. The Morgan fingerprint density at radius 3 is 2.76 bits per heavy atom. The lowest BCUT2D eigenvalue weighted by atomic mass is 10.3. The molecule has 0 aromatic heterocycles. The van der Waals surface area contributed by atoms with E-state index in [0.717, 1.165) is 6.07 Å². The summed E-state index contributed by atoms with van der Waals surface area (Å²) in [5.74, 6) is -1.16. The van der Waals surface area contributed by atoms with E-state index in [4.69, 9.17) is 21.4 Å². The van der Waals surface area contributed by atoms with Crippen LogP contribution in [0.3, 0.4) is 0 Å². The summed E-state index contributed by atoms with van der Waals surface area (Å²) in [4.78, 5) is 20.4. The number of nitro benzene ring substituents is 1. The van der Waals surface area contributed by atoms with Crippen molar-refractivity contribution in [2.24, 2.45) is 0 Å². The molecule has 17 heavy (non-hydrogen) atoms. The van der Waals surface area contributed by atoms with Crippen LogP contribution in [0.2, 0.25) is 5.02 Å². The number of nitrogens with zero attached hydrogens (tertiary/aromatic N) is 1. The number of nitro groups is 1. The summed E-state index contributed by atoms with van der Waals surface area (Å²) >= 11 is 5.74. The molecule has 0 saturated heterocycles. The van der Waals surface area contributed by atoms with Crippen molar-refractivity contribution >= 4 is 23.3 Å². The molecule has 0 saturated carbocycles. The Morgan fingerprint density at radius 2 is 2.24 bits per heavy atom. The average molecular weight is 258 g/mol. The highest BCUT2D eigenvalue weighted by molar-refractivity contribution is 6.32. The first kappa shape index (κ1) is 13.0. The van der Waals surface area contributed by atoms with Gasteiger partial charge in [-0.1, -0.05) is 18.2 Å². The van der Waals surface area contributed by atoms with Crippen molar-refractivity contribution in [2.75, 3.05) is 6.61 Å². The number of halogens is 1. The van der Waals surface area contributed by atoms with Crippen LogP contribution < -0.4 is 4.74 Å².